The number of nitrogens with zero attached hydrogens (tertiary/aromatic N) is 8. The first kappa shape index (κ1) is 70.6. The zero-order valence-electron chi connectivity index (χ0n) is 51.7. The molecule has 25 nitrogen and oxygen atoms in total. The van der Waals surface area contributed by atoms with Gasteiger partial charge in [0.05, 0.1) is 70.3 Å². The standard InChI is InChI=1S/C64H82Cl2N10O15/c1-63(2,27-38-88-36-26-61(83)91-62-53(65)14-9-15-54(62)66)90-39-28-64(3,4)89-37-25-55(77)67-29-24-56(78)68-47-22-20-46(21-23-47)40-52-44-71(43-50-12-7-18-59(81)75(50)86)33-32-69(41-48-10-5-16-57(79)73(48)84)30-31-70(42-49-11-6-17-58(80)74(49)85)34-35-72(52)45-51-13-8-19-60(82)76(51)87/h5-23,52,84-87H,24-45H2,1-4H3,(H,67,77)(H,68,78). The topological polar surface area (TPSA) is 294 Å². The van der Waals surface area contributed by atoms with Crippen molar-refractivity contribution in [3.8, 4) is 5.75 Å². The van der Waals surface area contributed by atoms with Crippen LogP contribution >= 0.6 is 23.2 Å². The average molecular weight is 1300 g/mol. The van der Waals surface area contributed by atoms with Crippen molar-refractivity contribution in [2.24, 2.45) is 0 Å². The highest BCUT2D eigenvalue weighted by Gasteiger charge is 2.29. The van der Waals surface area contributed by atoms with Crippen LogP contribution in [0.1, 0.15) is 88.1 Å². The van der Waals surface area contributed by atoms with E-state index in [0.717, 1.165) is 5.56 Å². The van der Waals surface area contributed by atoms with Gasteiger partial charge >= 0.3 is 5.97 Å². The van der Waals surface area contributed by atoms with Gasteiger partial charge < -0.3 is 50.4 Å². The van der Waals surface area contributed by atoms with Crippen molar-refractivity contribution in [2.75, 3.05) is 84.1 Å². The Kier molecular flexibility index (Phi) is 26.4. The Bertz CT molecular complexity index is 3610. The molecule has 7 rings (SSSR count). The third-order valence-electron chi connectivity index (χ3n) is 15.5. The number of ether oxygens (including phenoxy) is 4. The summed E-state index contributed by atoms with van der Waals surface area (Å²) in [6, 6.07) is 29.5. The van der Waals surface area contributed by atoms with Crippen molar-refractivity contribution in [3.63, 3.8) is 0 Å². The van der Waals surface area contributed by atoms with E-state index in [0.29, 0.717) is 126 Å². The van der Waals surface area contributed by atoms with Gasteiger partial charge in [-0.05, 0) is 101 Å². The highest BCUT2D eigenvalue weighted by Crippen LogP contribution is 2.33. The fourth-order valence-electron chi connectivity index (χ4n) is 10.2. The fourth-order valence-corrected chi connectivity index (χ4v) is 10.6. The molecular formula is C64H82Cl2N10O15. The Hall–Kier alpha value is -7.85. The number of benzene rings is 2. The number of anilines is 1. The van der Waals surface area contributed by atoms with Crippen molar-refractivity contribution in [3.05, 3.63) is 195 Å². The van der Waals surface area contributed by atoms with Crippen LogP contribution in [0.4, 0.5) is 5.69 Å². The van der Waals surface area contributed by atoms with Crippen LogP contribution in [0.15, 0.2) is 134 Å². The predicted molar refractivity (Wildman–Crippen MR) is 339 cm³/mol. The summed E-state index contributed by atoms with van der Waals surface area (Å²) >= 11 is 12.2. The third kappa shape index (κ3) is 22.5. The van der Waals surface area contributed by atoms with Crippen molar-refractivity contribution >= 4 is 46.7 Å². The molecule has 1 saturated heterocycles. The van der Waals surface area contributed by atoms with Crippen LogP contribution < -0.4 is 37.6 Å². The van der Waals surface area contributed by atoms with Crippen molar-refractivity contribution in [1.29, 1.82) is 0 Å². The number of hydrogen-bond acceptors (Lipinski definition) is 19. The van der Waals surface area contributed by atoms with E-state index >= 15 is 0 Å². The second-order valence-electron chi connectivity index (χ2n) is 23.5. The molecule has 492 valence electrons. The third-order valence-corrected chi connectivity index (χ3v) is 16.1. The SMILES string of the molecule is CC(C)(CCOCCC(=O)Oc1c(Cl)cccc1Cl)OCCC(C)(C)OCCC(=O)NCCC(=O)Nc1ccc(CC2CN(Cc3cccc(=O)n3O)CCN(Cc3cccc(=O)n3O)CCN(Cc3cccc(=O)n3O)CCN2Cc2cccc(=O)n2O)cc1. The molecular weight excluding hydrogens is 1220 g/mol. The molecule has 27 heteroatoms. The molecule has 1 aliphatic rings. The van der Waals surface area contributed by atoms with Gasteiger partial charge in [-0.15, -0.1) is 0 Å². The van der Waals surface area contributed by atoms with Crippen molar-refractivity contribution in [1.82, 2.24) is 43.8 Å². The van der Waals surface area contributed by atoms with Crippen LogP contribution in [0.2, 0.25) is 10.0 Å². The lowest BCUT2D eigenvalue weighted by molar-refractivity contribution is -0.135. The average Bonchev–Trinajstić information content (AvgIpc) is 3.45. The fraction of sp³-hybridized carbons (Fsp3) is 0.453. The molecule has 0 spiro atoms. The van der Waals surface area contributed by atoms with E-state index in [1.54, 1.807) is 78.9 Å². The molecule has 4 aromatic heterocycles. The normalized spacial score (nSPS) is 15.2. The molecule has 0 aliphatic carbocycles. The van der Waals surface area contributed by atoms with Crippen LogP contribution in [0, 0.1) is 0 Å². The Morgan fingerprint density at radius 1 is 0.516 bits per heavy atom. The van der Waals surface area contributed by atoms with Gasteiger partial charge in [0.15, 0.2) is 5.75 Å². The summed E-state index contributed by atoms with van der Waals surface area (Å²) in [6.07, 6.45) is 1.57. The molecule has 1 fully saturated rings. The number of hydrogen-bond donors (Lipinski definition) is 6. The van der Waals surface area contributed by atoms with Gasteiger partial charge in [0.1, 0.15) is 0 Å². The smallest absolute Gasteiger partial charge is 0.313 e. The lowest BCUT2D eigenvalue weighted by atomic mass is 10.0. The molecule has 1 atom stereocenters. The summed E-state index contributed by atoms with van der Waals surface area (Å²) < 4.78 is 25.6. The summed E-state index contributed by atoms with van der Waals surface area (Å²) in [6.45, 7) is 11.7. The first-order chi connectivity index (χ1) is 43.4. The van der Waals surface area contributed by atoms with Gasteiger partial charge in [-0.1, -0.05) is 65.7 Å². The maximum absolute atomic E-state index is 13.2. The number of esters is 1. The number of pyridine rings is 4. The molecule has 0 radical (unpaired) electrons. The van der Waals surface area contributed by atoms with Crippen LogP contribution in [0.5, 0.6) is 5.75 Å². The Balaban J connectivity index is 0.954. The molecule has 91 heavy (non-hydrogen) atoms. The molecule has 2 aromatic carbocycles. The molecule has 1 unspecified atom stereocenters. The number of rotatable bonds is 29. The van der Waals surface area contributed by atoms with Gasteiger partial charge in [-0.2, -0.15) is 18.9 Å². The van der Waals surface area contributed by atoms with Gasteiger partial charge in [-0.25, -0.2) is 0 Å². The second kappa shape index (κ2) is 34.0. The van der Waals surface area contributed by atoms with Crippen LogP contribution in [-0.2, 0) is 61.2 Å². The van der Waals surface area contributed by atoms with E-state index in [4.69, 9.17) is 42.1 Å². The maximum atomic E-state index is 13.2. The van der Waals surface area contributed by atoms with E-state index in [-0.39, 0.29) is 92.8 Å². The summed E-state index contributed by atoms with van der Waals surface area (Å²) in [5, 5.41) is 49.8. The van der Waals surface area contributed by atoms with E-state index < -0.39 is 45.5 Å². The number of nitrogens with one attached hydrogen (secondary N) is 2. The Labute approximate surface area is 536 Å². The molecule has 5 heterocycles. The van der Waals surface area contributed by atoms with E-state index in [1.165, 1.54) is 24.3 Å². The van der Waals surface area contributed by atoms with Crippen LogP contribution in [0.3, 0.4) is 0 Å². The first-order valence-corrected chi connectivity index (χ1v) is 30.9. The lowest BCUT2D eigenvalue weighted by Crippen LogP contribution is -2.51. The van der Waals surface area contributed by atoms with Crippen molar-refractivity contribution in [2.45, 2.75) is 110 Å². The largest absolute Gasteiger partial charge is 0.425 e. The van der Waals surface area contributed by atoms with E-state index in [1.807, 2.05) is 39.8 Å². The summed E-state index contributed by atoms with van der Waals surface area (Å²) in [5.41, 5.74) is -0.948. The van der Waals surface area contributed by atoms with Gasteiger partial charge in [0.2, 0.25) is 11.8 Å². The number of carbonyl (C=O) groups excluding carboxylic acids is 3. The maximum Gasteiger partial charge on any atom is 0.313 e. The number of halogens is 2. The Morgan fingerprint density at radius 3 is 1.49 bits per heavy atom. The monoisotopic (exact) mass is 1300 g/mol. The zero-order chi connectivity index (χ0) is 65.7. The number of amides is 2. The quantitative estimate of drug-likeness (QED) is 0.0141. The van der Waals surface area contributed by atoms with Crippen LogP contribution in [-0.4, -0.2) is 173 Å². The minimum absolute atomic E-state index is 0.00503. The first-order valence-electron chi connectivity index (χ1n) is 30.1. The summed E-state index contributed by atoms with van der Waals surface area (Å²) in [7, 11) is 0. The minimum atomic E-state index is -0.627. The van der Waals surface area contributed by atoms with E-state index in [9.17, 15) is 54.4 Å². The highest BCUT2D eigenvalue weighted by atomic mass is 35.5. The molecule has 1 aliphatic heterocycles. The van der Waals surface area contributed by atoms with E-state index in [2.05, 4.69) is 30.2 Å². The Morgan fingerprint density at radius 2 is 0.967 bits per heavy atom. The van der Waals surface area contributed by atoms with Crippen LogP contribution in [0.25, 0.3) is 0 Å². The van der Waals surface area contributed by atoms with Gasteiger partial charge in [0.25, 0.3) is 22.2 Å². The molecule has 2 amide bonds. The number of aromatic nitrogens is 4. The number of carbonyl (C=O) groups is 3. The minimum Gasteiger partial charge on any atom is -0.425 e. The van der Waals surface area contributed by atoms with Gasteiger partial charge in [-0.3, -0.25) is 53.2 Å². The predicted octanol–water partition coefficient (Wildman–Crippen LogP) is 5.74. The number of para-hydroxylation sites is 1. The second-order valence-corrected chi connectivity index (χ2v) is 24.3. The molecule has 0 bridgehead atoms. The van der Waals surface area contributed by atoms with Gasteiger partial charge in [0, 0.05) is 134 Å². The molecule has 6 N–H and O–H groups in total. The summed E-state index contributed by atoms with van der Waals surface area (Å²) in [5.74, 6) is -1.01. The van der Waals surface area contributed by atoms with Crippen molar-refractivity contribution < 1.29 is 54.2 Å². The highest BCUT2D eigenvalue weighted by molar-refractivity contribution is 6.37. The lowest BCUT2D eigenvalue weighted by Gasteiger charge is -2.39. The molecule has 0 saturated carbocycles. The zero-order valence-corrected chi connectivity index (χ0v) is 53.2. The summed E-state index contributed by atoms with van der Waals surface area (Å²) in [4.78, 5) is 97.4. The molecule has 6 aromatic rings.